The Morgan fingerprint density at radius 1 is 1.29 bits per heavy atom. The number of piperidine rings is 1. The summed E-state index contributed by atoms with van der Waals surface area (Å²) >= 11 is 0. The van der Waals surface area contributed by atoms with E-state index in [0.717, 1.165) is 43.0 Å². The molecule has 0 unspecified atom stereocenters. The molecule has 0 spiro atoms. The summed E-state index contributed by atoms with van der Waals surface area (Å²) < 4.78 is 0. The molecule has 24 heavy (non-hydrogen) atoms. The van der Waals surface area contributed by atoms with E-state index in [2.05, 4.69) is 28.1 Å². The Morgan fingerprint density at radius 2 is 2.08 bits per heavy atom. The van der Waals surface area contributed by atoms with Crippen molar-refractivity contribution in [2.45, 2.75) is 19.4 Å². The van der Waals surface area contributed by atoms with Gasteiger partial charge in [0.2, 0.25) is 0 Å². The second-order valence-corrected chi connectivity index (χ2v) is 6.33. The third kappa shape index (κ3) is 3.92. The van der Waals surface area contributed by atoms with Gasteiger partial charge in [-0.15, -0.1) is 0 Å². The minimum absolute atomic E-state index is 0.241. The molecule has 5 heteroatoms. The van der Waals surface area contributed by atoms with E-state index >= 15 is 0 Å². The number of anilines is 2. The number of benzene rings is 1. The number of carboxylic acid groups (broad SMARTS) is 1. The predicted molar refractivity (Wildman–Crippen MR) is 94.4 cm³/mol. The number of aromatic nitrogens is 1. The van der Waals surface area contributed by atoms with Gasteiger partial charge in [-0.3, -0.25) is 9.69 Å². The number of rotatable bonds is 5. The Bertz CT molecular complexity index is 673. The van der Waals surface area contributed by atoms with Crippen LogP contribution in [0.15, 0.2) is 48.7 Å². The smallest absolute Gasteiger partial charge is 0.307 e. The topological polar surface area (TPSA) is 56.7 Å². The number of hydrogen-bond acceptors (Lipinski definition) is 4. The molecule has 1 saturated heterocycles. The lowest BCUT2D eigenvalue weighted by Gasteiger charge is -2.30. The normalized spacial score (nSPS) is 18.3. The molecule has 0 saturated carbocycles. The Hall–Kier alpha value is -2.40. The number of nitrogens with zero attached hydrogens (tertiary/aromatic N) is 3. The van der Waals surface area contributed by atoms with E-state index in [1.54, 1.807) is 0 Å². The molecule has 1 N–H and O–H groups in total. The van der Waals surface area contributed by atoms with Gasteiger partial charge in [0.1, 0.15) is 5.82 Å². The zero-order valence-electron chi connectivity index (χ0n) is 13.9. The summed E-state index contributed by atoms with van der Waals surface area (Å²) in [4.78, 5) is 20.0. The fourth-order valence-corrected chi connectivity index (χ4v) is 3.15. The third-order valence-corrected chi connectivity index (χ3v) is 4.56. The van der Waals surface area contributed by atoms with E-state index < -0.39 is 5.97 Å². The van der Waals surface area contributed by atoms with Crippen LogP contribution in [0.1, 0.15) is 18.4 Å². The number of hydrogen-bond donors (Lipinski definition) is 1. The van der Waals surface area contributed by atoms with Crippen molar-refractivity contribution >= 4 is 17.5 Å². The highest BCUT2D eigenvalue weighted by Crippen LogP contribution is 2.22. The third-order valence-electron chi connectivity index (χ3n) is 4.56. The monoisotopic (exact) mass is 325 g/mol. The fourth-order valence-electron chi connectivity index (χ4n) is 3.15. The molecular formula is C19H23N3O2. The van der Waals surface area contributed by atoms with Crippen LogP contribution in [-0.2, 0) is 11.3 Å². The van der Waals surface area contributed by atoms with Crippen molar-refractivity contribution in [1.82, 2.24) is 9.88 Å². The minimum atomic E-state index is -0.683. The Morgan fingerprint density at radius 3 is 2.75 bits per heavy atom. The van der Waals surface area contributed by atoms with Gasteiger partial charge in [0.25, 0.3) is 0 Å². The molecule has 1 fully saturated rings. The first-order valence-corrected chi connectivity index (χ1v) is 8.32. The molecule has 2 aromatic rings. The van der Waals surface area contributed by atoms with Crippen LogP contribution >= 0.6 is 0 Å². The molecular weight excluding hydrogens is 302 g/mol. The summed E-state index contributed by atoms with van der Waals surface area (Å²) in [5.41, 5.74) is 2.21. The Balaban J connectivity index is 1.63. The fraction of sp³-hybridized carbons (Fsp3) is 0.368. The minimum Gasteiger partial charge on any atom is -0.481 e. The van der Waals surface area contributed by atoms with Crippen LogP contribution in [0, 0.1) is 5.92 Å². The quantitative estimate of drug-likeness (QED) is 0.915. The molecule has 0 amide bonds. The zero-order chi connectivity index (χ0) is 16.9. The molecule has 0 aliphatic carbocycles. The molecule has 5 nitrogen and oxygen atoms in total. The second-order valence-electron chi connectivity index (χ2n) is 6.33. The Kier molecular flexibility index (Phi) is 5.11. The molecule has 126 valence electrons. The molecule has 0 radical (unpaired) electrons. The first-order valence-electron chi connectivity index (χ1n) is 8.32. The first kappa shape index (κ1) is 16.5. The van der Waals surface area contributed by atoms with Gasteiger partial charge < -0.3 is 10.0 Å². The van der Waals surface area contributed by atoms with Crippen molar-refractivity contribution in [2.24, 2.45) is 5.92 Å². The molecule has 0 bridgehead atoms. The van der Waals surface area contributed by atoms with Crippen molar-refractivity contribution in [3.8, 4) is 0 Å². The Labute approximate surface area is 142 Å². The number of aliphatic carboxylic acids is 1. The van der Waals surface area contributed by atoms with E-state index in [9.17, 15) is 9.90 Å². The second kappa shape index (κ2) is 7.45. The van der Waals surface area contributed by atoms with Crippen LogP contribution in [0.5, 0.6) is 0 Å². The van der Waals surface area contributed by atoms with E-state index in [1.165, 1.54) is 0 Å². The van der Waals surface area contributed by atoms with Gasteiger partial charge in [-0.2, -0.15) is 0 Å². The van der Waals surface area contributed by atoms with E-state index in [4.69, 9.17) is 0 Å². The van der Waals surface area contributed by atoms with Crippen LogP contribution in [0.3, 0.4) is 0 Å². The molecule has 1 aromatic carbocycles. The summed E-state index contributed by atoms with van der Waals surface area (Å²) in [5, 5.41) is 9.18. The molecule has 2 heterocycles. The lowest BCUT2D eigenvalue weighted by Crippen LogP contribution is -2.38. The summed E-state index contributed by atoms with van der Waals surface area (Å²) in [6.45, 7) is 2.34. The van der Waals surface area contributed by atoms with E-state index in [1.807, 2.05) is 42.4 Å². The number of carbonyl (C=O) groups is 1. The highest BCUT2D eigenvalue weighted by atomic mass is 16.4. The lowest BCUT2D eigenvalue weighted by atomic mass is 9.98. The van der Waals surface area contributed by atoms with E-state index in [-0.39, 0.29) is 5.92 Å². The molecule has 1 atom stereocenters. The molecule has 1 aliphatic heterocycles. The maximum absolute atomic E-state index is 11.2. The average Bonchev–Trinajstić information content (AvgIpc) is 2.63. The van der Waals surface area contributed by atoms with Gasteiger partial charge >= 0.3 is 5.97 Å². The van der Waals surface area contributed by atoms with Gasteiger partial charge in [0.05, 0.1) is 5.92 Å². The number of pyridine rings is 1. The summed E-state index contributed by atoms with van der Waals surface area (Å²) in [6.07, 6.45) is 3.61. The highest BCUT2D eigenvalue weighted by Gasteiger charge is 2.25. The zero-order valence-corrected chi connectivity index (χ0v) is 13.9. The number of likely N-dealkylation sites (tertiary alicyclic amines) is 1. The maximum atomic E-state index is 11.2. The van der Waals surface area contributed by atoms with Crippen molar-refractivity contribution in [1.29, 1.82) is 0 Å². The van der Waals surface area contributed by atoms with Crippen LogP contribution in [-0.4, -0.2) is 41.1 Å². The van der Waals surface area contributed by atoms with Gasteiger partial charge in [-0.1, -0.05) is 24.3 Å². The predicted octanol–water partition coefficient (Wildman–Crippen LogP) is 3.15. The molecule has 1 aromatic heterocycles. The SMILES string of the molecule is CN(c1ccccc1)c1ccc(CN2CCC[C@H](C(=O)O)C2)cn1. The average molecular weight is 325 g/mol. The summed E-state index contributed by atoms with van der Waals surface area (Å²) in [5.74, 6) is -0.0279. The standard InChI is InChI=1S/C19H23N3O2/c1-21(17-7-3-2-4-8-17)18-10-9-15(12-20-18)13-22-11-5-6-16(14-22)19(23)24/h2-4,7-10,12,16H,5-6,11,13-14H2,1H3,(H,23,24)/t16-/m0/s1. The van der Waals surface area contributed by atoms with E-state index in [0.29, 0.717) is 6.54 Å². The maximum Gasteiger partial charge on any atom is 0.307 e. The van der Waals surface area contributed by atoms with Gasteiger partial charge in [-0.05, 0) is 43.1 Å². The van der Waals surface area contributed by atoms with Crippen LogP contribution in [0.4, 0.5) is 11.5 Å². The van der Waals surface area contributed by atoms with Crippen molar-refractivity contribution in [2.75, 3.05) is 25.0 Å². The molecule has 3 rings (SSSR count). The van der Waals surface area contributed by atoms with Gasteiger partial charge in [0, 0.05) is 32.0 Å². The van der Waals surface area contributed by atoms with Gasteiger partial charge in [0.15, 0.2) is 0 Å². The summed E-state index contributed by atoms with van der Waals surface area (Å²) in [7, 11) is 2.00. The van der Waals surface area contributed by atoms with Crippen LogP contribution in [0.2, 0.25) is 0 Å². The van der Waals surface area contributed by atoms with Crippen LogP contribution in [0.25, 0.3) is 0 Å². The largest absolute Gasteiger partial charge is 0.481 e. The molecule has 1 aliphatic rings. The highest BCUT2D eigenvalue weighted by molar-refractivity contribution is 5.70. The van der Waals surface area contributed by atoms with Gasteiger partial charge in [-0.25, -0.2) is 4.98 Å². The van der Waals surface area contributed by atoms with Crippen molar-refractivity contribution < 1.29 is 9.90 Å². The van der Waals surface area contributed by atoms with Crippen molar-refractivity contribution in [3.63, 3.8) is 0 Å². The number of carboxylic acids is 1. The van der Waals surface area contributed by atoms with Crippen molar-refractivity contribution in [3.05, 3.63) is 54.2 Å². The van der Waals surface area contributed by atoms with Crippen LogP contribution < -0.4 is 4.90 Å². The summed E-state index contributed by atoms with van der Waals surface area (Å²) in [6, 6.07) is 14.2. The lowest BCUT2D eigenvalue weighted by molar-refractivity contribution is -0.143. The number of para-hydroxylation sites is 1. The first-order chi connectivity index (χ1) is 11.6.